The zero-order chi connectivity index (χ0) is 17.4. The molecule has 3 fully saturated rings. The molecule has 0 amide bonds. The van der Waals surface area contributed by atoms with Crippen LogP contribution in [0.1, 0.15) is 39.5 Å². The van der Waals surface area contributed by atoms with E-state index in [1.54, 1.807) is 0 Å². The number of hydrogen-bond acceptors (Lipinski definition) is 4. The van der Waals surface area contributed by atoms with Gasteiger partial charge < -0.3 is 15.1 Å². The van der Waals surface area contributed by atoms with Gasteiger partial charge in [-0.2, -0.15) is 0 Å². The van der Waals surface area contributed by atoms with Crippen molar-refractivity contribution in [1.82, 2.24) is 9.88 Å². The van der Waals surface area contributed by atoms with Gasteiger partial charge in [0.2, 0.25) is 0 Å². The Morgan fingerprint density at radius 3 is 2.80 bits per heavy atom. The lowest BCUT2D eigenvalue weighted by atomic mass is 9.77. The van der Waals surface area contributed by atoms with E-state index in [1.165, 1.54) is 31.4 Å². The zero-order valence-electron chi connectivity index (χ0n) is 16.2. The van der Waals surface area contributed by atoms with Crippen LogP contribution in [0.15, 0.2) is 18.3 Å². The summed E-state index contributed by atoms with van der Waals surface area (Å²) in [5.41, 5.74) is 1.88. The molecule has 0 radical (unpaired) electrons. The topological polar surface area (TPSA) is 31.4 Å². The predicted molar refractivity (Wildman–Crippen MR) is 105 cm³/mol. The minimum atomic E-state index is 0.568. The van der Waals surface area contributed by atoms with Gasteiger partial charge in [0.25, 0.3) is 0 Å². The smallest absolute Gasteiger partial charge is 0.127 e. The summed E-state index contributed by atoms with van der Waals surface area (Å²) < 4.78 is 0. The minimum Gasteiger partial charge on any atom is -0.370 e. The standard InChI is InChI=1S/C21H34N4/c1-21(2)14-17-12-18(21)5-4-16(17)15-23-20-13-19(6-7-22-20)25-10-8-24(3)9-11-25/h6-7,13,16-18H,4-5,8-12,14-15H2,1-3H3,(H,22,23)/t16-,17-,18+/m1/s1. The Kier molecular flexibility index (Phi) is 4.65. The molecule has 25 heavy (non-hydrogen) atoms. The summed E-state index contributed by atoms with van der Waals surface area (Å²) in [6.07, 6.45) is 7.65. The molecule has 4 rings (SSSR count). The number of nitrogens with one attached hydrogen (secondary N) is 1. The number of likely N-dealkylation sites (N-methyl/N-ethyl adjacent to an activating group) is 1. The van der Waals surface area contributed by atoms with Crippen LogP contribution in [0.3, 0.4) is 0 Å². The van der Waals surface area contributed by atoms with Gasteiger partial charge in [0.1, 0.15) is 5.82 Å². The summed E-state index contributed by atoms with van der Waals surface area (Å²) >= 11 is 0. The van der Waals surface area contributed by atoms with Gasteiger partial charge in [0.15, 0.2) is 0 Å². The van der Waals surface area contributed by atoms with E-state index in [-0.39, 0.29) is 0 Å². The molecular weight excluding hydrogens is 308 g/mol. The highest BCUT2D eigenvalue weighted by Gasteiger charge is 2.46. The van der Waals surface area contributed by atoms with E-state index in [0.29, 0.717) is 5.41 Å². The second-order valence-electron chi connectivity index (χ2n) is 9.29. The maximum Gasteiger partial charge on any atom is 0.127 e. The number of fused-ring (bicyclic) bond motifs is 2. The Morgan fingerprint density at radius 2 is 2.00 bits per heavy atom. The molecule has 4 heteroatoms. The Hall–Kier alpha value is -1.29. The molecule has 0 unspecified atom stereocenters. The number of nitrogens with zero attached hydrogens (tertiary/aromatic N) is 3. The van der Waals surface area contributed by atoms with Crippen LogP contribution < -0.4 is 10.2 Å². The van der Waals surface area contributed by atoms with Crippen molar-refractivity contribution in [3.05, 3.63) is 18.3 Å². The molecule has 3 aliphatic rings. The average Bonchev–Trinajstić information content (AvgIpc) is 2.85. The summed E-state index contributed by atoms with van der Waals surface area (Å²) in [4.78, 5) is 9.46. The Morgan fingerprint density at radius 1 is 1.20 bits per heavy atom. The summed E-state index contributed by atoms with van der Waals surface area (Å²) in [6.45, 7) is 10.6. The van der Waals surface area contributed by atoms with Crippen LogP contribution in [-0.2, 0) is 0 Å². The van der Waals surface area contributed by atoms with Crippen LogP contribution in [0.5, 0.6) is 0 Å². The second-order valence-corrected chi connectivity index (χ2v) is 9.29. The summed E-state index contributed by atoms with van der Waals surface area (Å²) in [5, 5.41) is 3.66. The SMILES string of the molecule is CN1CCN(c2ccnc(NC[C@H]3CC[C@H]4C[C@@H]3CC4(C)C)c2)CC1. The molecule has 1 saturated heterocycles. The summed E-state index contributed by atoms with van der Waals surface area (Å²) in [6, 6.07) is 4.40. The molecule has 0 spiro atoms. The first kappa shape index (κ1) is 17.1. The van der Waals surface area contributed by atoms with Crippen molar-refractivity contribution in [3.63, 3.8) is 0 Å². The van der Waals surface area contributed by atoms with Gasteiger partial charge in [-0.25, -0.2) is 4.98 Å². The van der Waals surface area contributed by atoms with E-state index >= 15 is 0 Å². The predicted octanol–water partition coefficient (Wildman–Crippen LogP) is 3.71. The van der Waals surface area contributed by atoms with Crippen molar-refractivity contribution >= 4 is 11.5 Å². The molecule has 0 aromatic carbocycles. The highest BCUT2D eigenvalue weighted by molar-refractivity contribution is 5.54. The van der Waals surface area contributed by atoms with Crippen LogP contribution in [0.2, 0.25) is 0 Å². The van der Waals surface area contributed by atoms with Gasteiger partial charge in [0, 0.05) is 50.7 Å². The molecule has 1 aromatic heterocycles. The lowest BCUT2D eigenvalue weighted by Gasteiger charge is -2.34. The number of pyridine rings is 1. The van der Waals surface area contributed by atoms with E-state index in [0.717, 1.165) is 56.3 Å². The Labute approximate surface area is 153 Å². The van der Waals surface area contributed by atoms with Crippen molar-refractivity contribution in [2.75, 3.05) is 50.0 Å². The number of aromatic nitrogens is 1. The molecular formula is C21H34N4. The van der Waals surface area contributed by atoms with Crippen molar-refractivity contribution in [1.29, 1.82) is 0 Å². The molecule has 1 aliphatic heterocycles. The fourth-order valence-electron chi connectivity index (χ4n) is 5.41. The van der Waals surface area contributed by atoms with Crippen molar-refractivity contribution in [2.45, 2.75) is 39.5 Å². The van der Waals surface area contributed by atoms with E-state index in [2.05, 4.69) is 53.1 Å². The number of piperazine rings is 1. The number of hydrogen-bond donors (Lipinski definition) is 1. The van der Waals surface area contributed by atoms with Gasteiger partial charge in [-0.3, -0.25) is 0 Å². The van der Waals surface area contributed by atoms with Crippen LogP contribution in [0, 0.1) is 23.2 Å². The van der Waals surface area contributed by atoms with E-state index in [1.807, 2.05) is 6.20 Å². The van der Waals surface area contributed by atoms with Gasteiger partial charge >= 0.3 is 0 Å². The number of anilines is 2. The lowest BCUT2D eigenvalue weighted by Crippen LogP contribution is -2.44. The van der Waals surface area contributed by atoms with Gasteiger partial charge in [-0.05, 0) is 62.0 Å². The first-order valence-electron chi connectivity index (χ1n) is 10.1. The van der Waals surface area contributed by atoms with E-state index < -0.39 is 0 Å². The van der Waals surface area contributed by atoms with Crippen LogP contribution >= 0.6 is 0 Å². The third-order valence-corrected chi connectivity index (χ3v) is 7.19. The van der Waals surface area contributed by atoms with E-state index in [4.69, 9.17) is 0 Å². The first-order valence-corrected chi connectivity index (χ1v) is 10.1. The monoisotopic (exact) mass is 342 g/mol. The Bertz CT molecular complexity index is 591. The molecule has 4 nitrogen and oxygen atoms in total. The van der Waals surface area contributed by atoms with Crippen molar-refractivity contribution in [2.24, 2.45) is 23.2 Å². The maximum atomic E-state index is 4.58. The van der Waals surface area contributed by atoms with Crippen LogP contribution in [-0.4, -0.2) is 49.7 Å². The molecule has 138 valence electrons. The van der Waals surface area contributed by atoms with Crippen molar-refractivity contribution < 1.29 is 0 Å². The zero-order valence-corrected chi connectivity index (χ0v) is 16.2. The second kappa shape index (κ2) is 6.79. The third kappa shape index (κ3) is 3.64. The molecule has 3 atom stereocenters. The third-order valence-electron chi connectivity index (χ3n) is 7.19. The molecule has 2 saturated carbocycles. The van der Waals surface area contributed by atoms with Crippen LogP contribution in [0.4, 0.5) is 11.5 Å². The molecule has 1 N–H and O–H groups in total. The largest absolute Gasteiger partial charge is 0.370 e. The van der Waals surface area contributed by atoms with Crippen LogP contribution in [0.25, 0.3) is 0 Å². The average molecular weight is 343 g/mol. The fraction of sp³-hybridized carbons (Fsp3) is 0.762. The van der Waals surface area contributed by atoms with Gasteiger partial charge in [-0.1, -0.05) is 13.8 Å². The molecule has 1 aromatic rings. The molecule has 2 heterocycles. The highest BCUT2D eigenvalue weighted by Crippen LogP contribution is 2.55. The van der Waals surface area contributed by atoms with Gasteiger partial charge in [0.05, 0.1) is 0 Å². The first-order chi connectivity index (χ1) is 12.0. The molecule has 2 bridgehead atoms. The van der Waals surface area contributed by atoms with E-state index in [9.17, 15) is 0 Å². The van der Waals surface area contributed by atoms with Crippen molar-refractivity contribution in [3.8, 4) is 0 Å². The molecule has 2 aliphatic carbocycles. The minimum absolute atomic E-state index is 0.568. The van der Waals surface area contributed by atoms with Gasteiger partial charge in [-0.15, -0.1) is 0 Å². The highest BCUT2D eigenvalue weighted by atomic mass is 15.2. The normalized spacial score (nSPS) is 32.0. The maximum absolute atomic E-state index is 4.58. The quantitative estimate of drug-likeness (QED) is 0.904. The Balaban J connectivity index is 1.35. The summed E-state index contributed by atoms with van der Waals surface area (Å²) in [5.74, 6) is 3.76. The lowest BCUT2D eigenvalue weighted by molar-refractivity contribution is 0.221. The fourth-order valence-corrected chi connectivity index (χ4v) is 5.41. The summed E-state index contributed by atoms with van der Waals surface area (Å²) in [7, 11) is 2.20. The number of rotatable bonds is 4.